The van der Waals surface area contributed by atoms with E-state index in [9.17, 15) is 0 Å². The van der Waals surface area contributed by atoms with Gasteiger partial charge in [-0.3, -0.25) is 0 Å². The topological polar surface area (TPSA) is 18.5 Å². The summed E-state index contributed by atoms with van der Waals surface area (Å²) in [6, 6.07) is 0. The number of rotatable bonds is 3. The summed E-state index contributed by atoms with van der Waals surface area (Å²) in [7, 11) is 0. The highest BCUT2D eigenvalue weighted by atomic mass is 80.0. The smallest absolute Gasteiger partial charge is 0.167 e. The third kappa shape index (κ3) is 3.52. The van der Waals surface area contributed by atoms with Gasteiger partial charge in [-0.15, -0.1) is 0 Å². The van der Waals surface area contributed by atoms with Gasteiger partial charge in [0.05, 0.1) is 0 Å². The van der Waals surface area contributed by atoms with Crippen LogP contribution in [0.3, 0.4) is 0 Å². The number of fused-ring (bicyclic) bond motifs is 2. The molecule has 2 aliphatic carbocycles. The van der Waals surface area contributed by atoms with Gasteiger partial charge in [0.15, 0.2) is 10.6 Å². The molecule has 3 atom stereocenters. The summed E-state index contributed by atoms with van der Waals surface area (Å²) in [5, 5.41) is 0. The minimum absolute atomic E-state index is 0.120. The van der Waals surface area contributed by atoms with E-state index in [1.165, 1.54) is 6.42 Å². The zero-order valence-electron chi connectivity index (χ0n) is 12.3. The monoisotopic (exact) mass is 704 g/mol. The molecule has 0 N–H and O–H groups in total. The average molecular weight is 710 g/mol. The van der Waals surface area contributed by atoms with Crippen LogP contribution in [0.15, 0.2) is 12.2 Å². The van der Waals surface area contributed by atoms with Crippen molar-refractivity contribution in [2.75, 3.05) is 6.61 Å². The molecule has 1 heterocycles. The lowest BCUT2D eigenvalue weighted by atomic mass is 9.73. The normalized spacial score (nSPS) is 35.0. The van der Waals surface area contributed by atoms with Crippen molar-refractivity contribution >= 4 is 95.6 Å². The molecule has 2 bridgehead atoms. The maximum Gasteiger partial charge on any atom is 0.167 e. The molecule has 132 valence electrons. The zero-order valence-corrected chi connectivity index (χ0v) is 21.9. The summed E-state index contributed by atoms with van der Waals surface area (Å²) >= 11 is 22.8. The molecule has 1 aliphatic heterocycles. The molecule has 1 saturated heterocycles. The first-order valence-electron chi connectivity index (χ1n) is 7.74. The van der Waals surface area contributed by atoms with Gasteiger partial charge in [0.1, 0.15) is 5.60 Å². The van der Waals surface area contributed by atoms with Crippen LogP contribution in [-0.4, -0.2) is 22.8 Å². The summed E-state index contributed by atoms with van der Waals surface area (Å²) < 4.78 is 11.4. The van der Waals surface area contributed by atoms with Crippen molar-refractivity contribution < 1.29 is 9.47 Å². The largest absolute Gasteiger partial charge is 0.353 e. The van der Waals surface area contributed by atoms with E-state index in [2.05, 4.69) is 108 Å². The van der Waals surface area contributed by atoms with Crippen LogP contribution in [0.5, 0.6) is 0 Å². The molecule has 3 aliphatic rings. The van der Waals surface area contributed by atoms with Crippen LogP contribution in [0.25, 0.3) is 0 Å². The maximum absolute atomic E-state index is 6.76. The highest BCUT2D eigenvalue weighted by molar-refractivity contribution is 9.41. The molecule has 0 aromatic carbocycles. The second kappa shape index (κ2) is 7.17. The first-order valence-corrected chi connectivity index (χ1v) is 12.5. The Labute approximate surface area is 188 Å². The van der Waals surface area contributed by atoms with Gasteiger partial charge in [0.25, 0.3) is 0 Å². The Morgan fingerprint density at radius 2 is 1.70 bits per heavy atom. The number of hydrogen-bond donors (Lipinski definition) is 0. The lowest BCUT2D eigenvalue weighted by molar-refractivity contribution is -0.243. The van der Waals surface area contributed by atoms with E-state index in [1.807, 2.05) is 0 Å². The molecule has 8 heteroatoms. The van der Waals surface area contributed by atoms with E-state index in [4.69, 9.17) is 9.47 Å². The quantitative estimate of drug-likeness (QED) is 0.226. The Bertz CT molecular complexity index is 463. The van der Waals surface area contributed by atoms with Gasteiger partial charge in [0, 0.05) is 12.0 Å². The van der Waals surface area contributed by atoms with Crippen molar-refractivity contribution in [3.05, 3.63) is 12.2 Å². The van der Waals surface area contributed by atoms with Crippen LogP contribution in [0.4, 0.5) is 0 Å². The molecule has 2 nitrogen and oxygen atoms in total. The van der Waals surface area contributed by atoms with Gasteiger partial charge in [-0.2, -0.15) is 0 Å². The molecule has 0 spiro atoms. The van der Waals surface area contributed by atoms with Crippen LogP contribution in [0.1, 0.15) is 38.5 Å². The first kappa shape index (κ1) is 20.3. The number of ether oxygens (including phenoxy) is 2. The van der Waals surface area contributed by atoms with E-state index >= 15 is 0 Å². The third-order valence-corrected chi connectivity index (χ3v) is 8.57. The van der Waals surface area contributed by atoms with Crippen LogP contribution in [0.2, 0.25) is 0 Å². The van der Waals surface area contributed by atoms with Gasteiger partial charge < -0.3 is 9.47 Å². The molecule has 0 amide bonds. The molecule has 1 saturated carbocycles. The molecular formula is C15H18Br6O2. The molecule has 0 aromatic rings. The fraction of sp³-hybridized carbons (Fsp3) is 0.867. The highest BCUT2D eigenvalue weighted by Crippen LogP contribution is 2.72. The maximum atomic E-state index is 6.76. The molecule has 23 heavy (non-hydrogen) atoms. The van der Waals surface area contributed by atoms with Gasteiger partial charge in [-0.25, -0.2) is 0 Å². The minimum atomic E-state index is -0.712. The fourth-order valence-electron chi connectivity index (χ4n) is 4.17. The predicted octanol–water partition coefficient (Wildman–Crippen LogP) is 7.30. The number of alkyl halides is 6. The van der Waals surface area contributed by atoms with Crippen LogP contribution in [0, 0.1) is 11.3 Å². The van der Waals surface area contributed by atoms with E-state index in [0.29, 0.717) is 5.92 Å². The van der Waals surface area contributed by atoms with E-state index in [-0.39, 0.29) is 11.7 Å². The second-order valence-electron chi connectivity index (χ2n) is 6.61. The number of hydrogen-bond acceptors (Lipinski definition) is 2. The average Bonchev–Trinajstić information content (AvgIpc) is 3.04. The Morgan fingerprint density at radius 1 is 1.00 bits per heavy atom. The summed E-state index contributed by atoms with van der Waals surface area (Å²) in [5.41, 5.74) is -0.831. The van der Waals surface area contributed by atoms with Gasteiger partial charge in [-0.1, -0.05) is 108 Å². The first-order chi connectivity index (χ1) is 10.6. The zero-order chi connectivity index (χ0) is 16.9. The molecule has 0 aromatic heterocycles. The van der Waals surface area contributed by atoms with Crippen LogP contribution in [-0.2, 0) is 9.47 Å². The van der Waals surface area contributed by atoms with E-state index in [0.717, 1.165) is 38.7 Å². The van der Waals surface area contributed by atoms with Crippen LogP contribution >= 0.6 is 95.6 Å². The second-order valence-corrected chi connectivity index (χ2v) is 20.1. The molecule has 3 rings (SSSR count). The van der Waals surface area contributed by atoms with Gasteiger partial charge in [0.2, 0.25) is 0 Å². The molecule has 0 radical (unpaired) electrons. The third-order valence-electron chi connectivity index (χ3n) is 5.22. The Kier molecular flexibility index (Phi) is 6.32. The van der Waals surface area contributed by atoms with Crippen molar-refractivity contribution in [2.45, 2.75) is 54.7 Å². The molecule has 2 fully saturated rings. The summed E-state index contributed by atoms with van der Waals surface area (Å²) in [5.74, 6) is 0.634. The van der Waals surface area contributed by atoms with E-state index in [1.54, 1.807) is 0 Å². The van der Waals surface area contributed by atoms with Crippen molar-refractivity contribution in [3.63, 3.8) is 0 Å². The lowest BCUT2D eigenvalue weighted by Crippen LogP contribution is -2.65. The summed E-state index contributed by atoms with van der Waals surface area (Å²) in [6.07, 6.45) is 10.9. The minimum Gasteiger partial charge on any atom is -0.353 e. The lowest BCUT2D eigenvalue weighted by Gasteiger charge is -2.56. The van der Waals surface area contributed by atoms with Crippen molar-refractivity contribution in [2.24, 2.45) is 11.3 Å². The summed E-state index contributed by atoms with van der Waals surface area (Å²) in [6.45, 7) is 0.756. The molecular weight excluding hydrogens is 692 g/mol. The molecule has 3 unspecified atom stereocenters. The predicted molar refractivity (Wildman–Crippen MR) is 115 cm³/mol. The van der Waals surface area contributed by atoms with E-state index < -0.39 is 9.89 Å². The Hall–Kier alpha value is 2.54. The highest BCUT2D eigenvalue weighted by Gasteiger charge is 2.72. The summed E-state index contributed by atoms with van der Waals surface area (Å²) in [4.78, 5) is 0. The van der Waals surface area contributed by atoms with Crippen LogP contribution < -0.4 is 0 Å². The number of halogens is 6. The SMILES string of the molecule is BrC(Br)(Br)C(OC1CCCCO1)(C(Br)(Br)Br)C12C=CC(CC1)C2. The van der Waals surface area contributed by atoms with Crippen molar-refractivity contribution in [1.29, 1.82) is 0 Å². The van der Waals surface area contributed by atoms with Gasteiger partial charge in [-0.05, 0) is 44.4 Å². The Balaban J connectivity index is 2.05. The fourth-order valence-corrected chi connectivity index (χ4v) is 11.3. The number of allylic oxidation sites excluding steroid dienone is 1. The van der Waals surface area contributed by atoms with Crippen molar-refractivity contribution in [1.82, 2.24) is 0 Å². The standard InChI is InChI=1S/C15H18Br6O2/c16-14(17,18)13(15(19,20)21,23-11-3-1-2-8-22-11)12-6-4-10(9-12)5-7-12/h4,6,10-11H,1-3,5,7-9H2. The van der Waals surface area contributed by atoms with Crippen molar-refractivity contribution in [3.8, 4) is 0 Å². The Morgan fingerprint density at radius 3 is 2.09 bits per heavy atom. The van der Waals surface area contributed by atoms with Gasteiger partial charge >= 0.3 is 0 Å².